The Labute approximate surface area is 107 Å². The van der Waals surface area contributed by atoms with Gasteiger partial charge in [0, 0.05) is 11.6 Å². The first-order valence-corrected chi connectivity index (χ1v) is 5.11. The molecule has 3 N–H and O–H groups in total. The van der Waals surface area contributed by atoms with Crippen LogP contribution in [-0.4, -0.2) is 28.3 Å². The first kappa shape index (κ1) is 12.4. The number of rotatable bonds is 2. The lowest BCUT2D eigenvalue weighted by atomic mass is 10.2. The third-order valence-corrected chi connectivity index (χ3v) is 2.12. The molecule has 1 aromatic carbocycles. The molecule has 96 valence electrons. The van der Waals surface area contributed by atoms with Crippen LogP contribution in [0.4, 0.5) is 0 Å². The number of benzene rings is 1. The minimum atomic E-state index is -0.503. The van der Waals surface area contributed by atoms with Gasteiger partial charge in [-0.1, -0.05) is 6.58 Å². The molecule has 0 atom stereocenters. The Hall–Kier alpha value is -3.03. The van der Waals surface area contributed by atoms with Crippen LogP contribution in [0.15, 0.2) is 50.9 Å². The Morgan fingerprint density at radius 1 is 1.32 bits per heavy atom. The van der Waals surface area contributed by atoms with Crippen molar-refractivity contribution in [2.75, 3.05) is 0 Å². The monoisotopic (exact) mass is 259 g/mol. The Kier molecular flexibility index (Phi) is 3.33. The Morgan fingerprint density at radius 3 is 2.79 bits per heavy atom. The lowest BCUT2D eigenvalue weighted by Crippen LogP contribution is -2.32. The molecule has 2 rings (SSSR count). The SMILES string of the molecule is C=C1N=N/C(=N/N=C/c2ccc(O)cc2O)NC1=O. The van der Waals surface area contributed by atoms with Crippen LogP contribution in [0.25, 0.3) is 0 Å². The molecule has 0 unspecified atom stereocenters. The van der Waals surface area contributed by atoms with E-state index >= 15 is 0 Å². The molecule has 8 nitrogen and oxygen atoms in total. The molecule has 1 amide bonds. The van der Waals surface area contributed by atoms with Crippen LogP contribution in [0.3, 0.4) is 0 Å². The number of guanidine groups is 1. The molecule has 19 heavy (non-hydrogen) atoms. The maximum atomic E-state index is 11.2. The second-order valence-corrected chi connectivity index (χ2v) is 3.51. The summed E-state index contributed by atoms with van der Waals surface area (Å²) in [6.45, 7) is 3.35. The van der Waals surface area contributed by atoms with E-state index in [2.05, 4.69) is 32.3 Å². The van der Waals surface area contributed by atoms with Crippen molar-refractivity contribution in [1.82, 2.24) is 5.32 Å². The van der Waals surface area contributed by atoms with E-state index in [1.807, 2.05) is 0 Å². The van der Waals surface area contributed by atoms with Crippen LogP contribution < -0.4 is 5.32 Å². The Bertz CT molecular complexity index is 633. The summed E-state index contributed by atoms with van der Waals surface area (Å²) in [5, 5.41) is 35.2. The zero-order chi connectivity index (χ0) is 13.8. The highest BCUT2D eigenvalue weighted by molar-refractivity contribution is 6.06. The molecule has 0 fully saturated rings. The highest BCUT2D eigenvalue weighted by Crippen LogP contribution is 2.20. The molecule has 0 saturated heterocycles. The van der Waals surface area contributed by atoms with Crippen molar-refractivity contribution in [2.45, 2.75) is 0 Å². The molecule has 1 heterocycles. The third-order valence-electron chi connectivity index (χ3n) is 2.12. The highest BCUT2D eigenvalue weighted by Gasteiger charge is 2.14. The second kappa shape index (κ2) is 5.08. The van der Waals surface area contributed by atoms with Gasteiger partial charge in [-0.25, -0.2) is 0 Å². The molecule has 0 spiro atoms. The summed E-state index contributed by atoms with van der Waals surface area (Å²) in [4.78, 5) is 11.2. The van der Waals surface area contributed by atoms with Crippen LogP contribution in [0, 0.1) is 0 Å². The van der Waals surface area contributed by atoms with Crippen molar-refractivity contribution in [3.63, 3.8) is 0 Å². The van der Waals surface area contributed by atoms with Gasteiger partial charge in [-0.15, -0.1) is 15.3 Å². The van der Waals surface area contributed by atoms with E-state index in [0.717, 1.165) is 0 Å². The number of hydrogen-bond donors (Lipinski definition) is 3. The summed E-state index contributed by atoms with van der Waals surface area (Å²) in [5.74, 6) is -0.789. The predicted octanol–water partition coefficient (Wildman–Crippen LogP) is 0.883. The Balaban J connectivity index is 2.14. The van der Waals surface area contributed by atoms with E-state index in [0.29, 0.717) is 5.56 Å². The van der Waals surface area contributed by atoms with Crippen LogP contribution in [0.1, 0.15) is 5.56 Å². The summed E-state index contributed by atoms with van der Waals surface area (Å²) >= 11 is 0. The number of phenols is 2. The van der Waals surface area contributed by atoms with Gasteiger partial charge in [0.2, 0.25) is 0 Å². The zero-order valence-corrected chi connectivity index (χ0v) is 9.61. The normalized spacial score (nSPS) is 17.2. The molecule has 0 saturated carbocycles. The molecular weight excluding hydrogens is 250 g/mol. The molecular formula is C11H9N5O3. The largest absolute Gasteiger partial charge is 0.508 e. The van der Waals surface area contributed by atoms with Crippen LogP contribution >= 0.6 is 0 Å². The number of amides is 1. The molecule has 1 aromatic rings. The van der Waals surface area contributed by atoms with Gasteiger partial charge in [-0.05, 0) is 12.1 Å². The summed E-state index contributed by atoms with van der Waals surface area (Å²) in [7, 11) is 0. The van der Waals surface area contributed by atoms with Crippen LogP contribution in [-0.2, 0) is 4.79 Å². The second-order valence-electron chi connectivity index (χ2n) is 3.51. The lowest BCUT2D eigenvalue weighted by molar-refractivity contribution is -0.116. The number of phenolic OH excluding ortho intramolecular Hbond substituents is 2. The van der Waals surface area contributed by atoms with Gasteiger partial charge < -0.3 is 10.2 Å². The van der Waals surface area contributed by atoms with Crippen molar-refractivity contribution in [2.24, 2.45) is 20.4 Å². The first-order chi connectivity index (χ1) is 9.06. The van der Waals surface area contributed by atoms with Crippen molar-refractivity contribution in [3.05, 3.63) is 36.0 Å². The molecule has 1 aliphatic heterocycles. The van der Waals surface area contributed by atoms with Gasteiger partial charge in [-0.2, -0.15) is 5.10 Å². The van der Waals surface area contributed by atoms with Gasteiger partial charge in [-0.3, -0.25) is 10.1 Å². The van der Waals surface area contributed by atoms with Gasteiger partial charge in [0.15, 0.2) is 0 Å². The van der Waals surface area contributed by atoms with Crippen LogP contribution in [0.5, 0.6) is 11.5 Å². The highest BCUT2D eigenvalue weighted by atomic mass is 16.3. The number of hydrogen-bond acceptors (Lipinski definition) is 6. The lowest BCUT2D eigenvalue weighted by Gasteiger charge is -2.05. The van der Waals surface area contributed by atoms with Crippen molar-refractivity contribution in [3.8, 4) is 11.5 Å². The molecule has 0 bridgehead atoms. The smallest absolute Gasteiger partial charge is 0.277 e. The number of carbonyl (C=O) groups excluding carboxylic acids is 1. The fourth-order valence-electron chi connectivity index (χ4n) is 1.18. The molecule has 8 heteroatoms. The predicted molar refractivity (Wildman–Crippen MR) is 66.9 cm³/mol. The number of carbonyl (C=O) groups is 1. The van der Waals surface area contributed by atoms with Crippen molar-refractivity contribution >= 4 is 18.1 Å². The fraction of sp³-hybridized carbons (Fsp3) is 0. The minimum absolute atomic E-state index is 0.0147. The third kappa shape index (κ3) is 3.00. The van der Waals surface area contributed by atoms with E-state index in [-0.39, 0.29) is 23.2 Å². The summed E-state index contributed by atoms with van der Waals surface area (Å²) in [6.07, 6.45) is 1.24. The maximum Gasteiger partial charge on any atom is 0.277 e. The number of aromatic hydroxyl groups is 2. The topological polar surface area (TPSA) is 119 Å². The fourth-order valence-corrected chi connectivity index (χ4v) is 1.18. The van der Waals surface area contributed by atoms with E-state index in [9.17, 15) is 9.90 Å². The zero-order valence-electron chi connectivity index (χ0n) is 9.61. The number of nitrogens with zero attached hydrogens (tertiary/aromatic N) is 4. The maximum absolute atomic E-state index is 11.2. The standard InChI is InChI=1S/C11H9N5O3/c1-6-10(19)13-11(16-14-6)15-12-5-7-2-3-8(17)4-9(7)18/h2-5,17-18H,1H2,(H,13,15,19)/b12-5+. The van der Waals surface area contributed by atoms with Crippen molar-refractivity contribution < 1.29 is 15.0 Å². The Morgan fingerprint density at radius 2 is 2.11 bits per heavy atom. The summed E-state index contributed by atoms with van der Waals surface area (Å²) in [6, 6.07) is 4.01. The minimum Gasteiger partial charge on any atom is -0.508 e. The van der Waals surface area contributed by atoms with Crippen LogP contribution in [0.2, 0.25) is 0 Å². The molecule has 0 aromatic heterocycles. The van der Waals surface area contributed by atoms with Crippen molar-refractivity contribution in [1.29, 1.82) is 0 Å². The van der Waals surface area contributed by atoms with Gasteiger partial charge in [0.05, 0.1) is 6.21 Å². The molecule has 1 aliphatic rings. The molecule has 0 radical (unpaired) electrons. The van der Waals surface area contributed by atoms with Gasteiger partial charge in [0.25, 0.3) is 11.9 Å². The molecule has 0 aliphatic carbocycles. The summed E-state index contributed by atoms with van der Waals surface area (Å²) < 4.78 is 0. The van der Waals surface area contributed by atoms with Gasteiger partial charge in [0.1, 0.15) is 17.2 Å². The quantitative estimate of drug-likeness (QED) is 0.415. The summed E-state index contributed by atoms with van der Waals surface area (Å²) in [5.41, 5.74) is 0.338. The van der Waals surface area contributed by atoms with E-state index in [1.165, 1.54) is 24.4 Å². The number of nitrogens with one attached hydrogen (secondary N) is 1. The van der Waals surface area contributed by atoms with Gasteiger partial charge >= 0.3 is 0 Å². The average Bonchev–Trinajstić information content (AvgIpc) is 2.36. The van der Waals surface area contributed by atoms with E-state index in [1.54, 1.807) is 0 Å². The first-order valence-electron chi connectivity index (χ1n) is 5.11. The van der Waals surface area contributed by atoms with E-state index < -0.39 is 5.91 Å². The average molecular weight is 259 g/mol. The number of azo groups is 1. The van der Waals surface area contributed by atoms with E-state index in [4.69, 9.17) is 5.11 Å².